The van der Waals surface area contributed by atoms with Gasteiger partial charge in [0, 0.05) is 0 Å². The predicted molar refractivity (Wildman–Crippen MR) is 84.5 cm³/mol. The van der Waals surface area contributed by atoms with Crippen LogP contribution in [0.5, 0.6) is 0 Å². The Balaban J connectivity index is 2.01. The minimum Gasteiger partial charge on any atom is -0.444 e. The van der Waals surface area contributed by atoms with E-state index in [4.69, 9.17) is 4.74 Å². The van der Waals surface area contributed by atoms with E-state index < -0.39 is 23.6 Å². The fraction of sp³-hybridized carbons (Fsp3) is 0.471. The number of hydrogen-bond acceptors (Lipinski definition) is 4. The number of β-lactam (4-membered cyclic amide) rings is 1. The normalized spacial score (nSPS) is 18.9. The first kappa shape index (κ1) is 17.0. The summed E-state index contributed by atoms with van der Waals surface area (Å²) in [6.07, 6.45) is -0.378. The quantitative estimate of drug-likeness (QED) is 0.868. The Bertz CT molecular complexity index is 607. The van der Waals surface area contributed by atoms with Crippen LogP contribution >= 0.6 is 0 Å². The van der Waals surface area contributed by atoms with Crippen LogP contribution < -0.4 is 5.32 Å². The molecule has 3 amide bonds. The number of carbonyl (C=O) groups excluding carboxylic acids is 3. The summed E-state index contributed by atoms with van der Waals surface area (Å²) in [5.41, 5.74) is 0.261. The van der Waals surface area contributed by atoms with Crippen molar-refractivity contribution in [3.63, 3.8) is 0 Å². The topological polar surface area (TPSA) is 75.7 Å². The van der Waals surface area contributed by atoms with Gasteiger partial charge in [0.2, 0.25) is 5.91 Å². The van der Waals surface area contributed by atoms with Crippen LogP contribution in [0.25, 0.3) is 0 Å². The highest BCUT2D eigenvalue weighted by atomic mass is 16.6. The van der Waals surface area contributed by atoms with Crippen LogP contribution in [0.15, 0.2) is 30.3 Å². The highest BCUT2D eigenvalue weighted by Gasteiger charge is 2.43. The molecule has 0 aromatic heterocycles. The Labute approximate surface area is 135 Å². The predicted octanol–water partition coefficient (Wildman–Crippen LogP) is 2.40. The number of benzene rings is 1. The maximum atomic E-state index is 12.5. The number of ether oxygens (including phenoxy) is 1. The van der Waals surface area contributed by atoms with E-state index in [0.717, 1.165) is 5.56 Å². The lowest BCUT2D eigenvalue weighted by Crippen LogP contribution is -2.56. The minimum absolute atomic E-state index is 0.235. The van der Waals surface area contributed by atoms with Crippen LogP contribution in [0, 0.1) is 0 Å². The zero-order valence-electron chi connectivity index (χ0n) is 13.8. The van der Waals surface area contributed by atoms with Crippen molar-refractivity contribution in [2.75, 3.05) is 0 Å². The summed E-state index contributed by atoms with van der Waals surface area (Å²) in [5, 5.41) is 2.47. The molecule has 1 aromatic rings. The van der Waals surface area contributed by atoms with Crippen molar-refractivity contribution in [1.29, 1.82) is 0 Å². The Morgan fingerprint density at radius 2 is 1.87 bits per heavy atom. The van der Waals surface area contributed by atoms with Crippen LogP contribution in [-0.2, 0) is 14.3 Å². The smallest absolute Gasteiger partial charge is 0.408 e. The first-order chi connectivity index (χ1) is 10.7. The van der Waals surface area contributed by atoms with E-state index in [2.05, 4.69) is 5.32 Å². The third kappa shape index (κ3) is 4.09. The van der Waals surface area contributed by atoms with Crippen molar-refractivity contribution in [1.82, 2.24) is 10.2 Å². The summed E-state index contributed by atoms with van der Waals surface area (Å²) >= 11 is 0. The highest BCUT2D eigenvalue weighted by molar-refractivity contribution is 6.03. The van der Waals surface area contributed by atoms with Crippen molar-refractivity contribution < 1.29 is 19.1 Å². The maximum Gasteiger partial charge on any atom is 0.408 e. The summed E-state index contributed by atoms with van der Waals surface area (Å²) in [6, 6.07) is 8.27. The van der Waals surface area contributed by atoms with Gasteiger partial charge in [0.05, 0.1) is 12.5 Å². The van der Waals surface area contributed by atoms with Crippen LogP contribution in [-0.4, -0.2) is 34.5 Å². The number of amides is 3. The molecule has 1 aromatic carbocycles. The van der Waals surface area contributed by atoms with Gasteiger partial charge < -0.3 is 10.1 Å². The molecule has 1 heterocycles. The van der Waals surface area contributed by atoms with Gasteiger partial charge in [-0.15, -0.1) is 0 Å². The van der Waals surface area contributed by atoms with Gasteiger partial charge in [-0.2, -0.15) is 0 Å². The fourth-order valence-electron chi connectivity index (χ4n) is 2.39. The SMILES string of the molecule is C[C@H](NC(=O)OC(C)(C)C)C(=O)N1C(=O)C[C@H]1c1ccccc1. The van der Waals surface area contributed by atoms with E-state index in [-0.39, 0.29) is 11.9 Å². The van der Waals surface area contributed by atoms with E-state index in [9.17, 15) is 14.4 Å². The molecule has 0 aliphatic carbocycles. The van der Waals surface area contributed by atoms with Gasteiger partial charge in [0.1, 0.15) is 11.6 Å². The number of hydrogen-bond donors (Lipinski definition) is 1. The number of rotatable bonds is 3. The molecule has 0 radical (unpaired) electrons. The van der Waals surface area contributed by atoms with Gasteiger partial charge in [-0.25, -0.2) is 4.79 Å². The van der Waals surface area contributed by atoms with Gasteiger partial charge >= 0.3 is 6.09 Å². The number of carbonyl (C=O) groups is 3. The minimum atomic E-state index is -0.833. The molecule has 0 saturated carbocycles. The molecule has 1 aliphatic rings. The summed E-state index contributed by atoms with van der Waals surface area (Å²) in [7, 11) is 0. The van der Waals surface area contributed by atoms with E-state index in [0.29, 0.717) is 6.42 Å². The number of alkyl carbamates (subject to hydrolysis) is 1. The third-order valence-electron chi connectivity index (χ3n) is 3.47. The molecule has 6 heteroatoms. The second-order valence-corrected chi connectivity index (χ2v) is 6.60. The molecular formula is C17H22N2O4. The van der Waals surface area contributed by atoms with Crippen molar-refractivity contribution in [2.24, 2.45) is 0 Å². The second-order valence-electron chi connectivity index (χ2n) is 6.60. The molecule has 0 unspecified atom stereocenters. The number of nitrogens with zero attached hydrogens (tertiary/aromatic N) is 1. The first-order valence-corrected chi connectivity index (χ1v) is 7.59. The van der Waals surface area contributed by atoms with Crippen LogP contribution in [0.4, 0.5) is 4.79 Å². The van der Waals surface area contributed by atoms with E-state index in [1.54, 1.807) is 27.7 Å². The van der Waals surface area contributed by atoms with Crippen LogP contribution in [0.3, 0.4) is 0 Å². The Hall–Kier alpha value is -2.37. The average molecular weight is 318 g/mol. The number of imide groups is 1. The number of likely N-dealkylation sites (tertiary alicyclic amines) is 1. The zero-order chi connectivity index (χ0) is 17.2. The van der Waals surface area contributed by atoms with Crippen molar-refractivity contribution in [3.05, 3.63) is 35.9 Å². The average Bonchev–Trinajstić information content (AvgIpc) is 2.43. The number of nitrogens with one attached hydrogen (secondary N) is 1. The van der Waals surface area contributed by atoms with E-state index in [1.165, 1.54) is 4.90 Å². The van der Waals surface area contributed by atoms with Crippen LogP contribution in [0.2, 0.25) is 0 Å². The zero-order valence-corrected chi connectivity index (χ0v) is 13.8. The van der Waals surface area contributed by atoms with Gasteiger partial charge in [0.15, 0.2) is 0 Å². The second kappa shape index (κ2) is 6.40. The lowest BCUT2D eigenvalue weighted by Gasteiger charge is -2.40. The standard InChI is InChI=1S/C17H22N2O4/c1-11(18-16(22)23-17(2,3)4)15(21)19-13(10-14(19)20)12-8-6-5-7-9-12/h5-9,11,13H,10H2,1-4H3,(H,18,22)/t11-,13-/m0/s1. The molecule has 124 valence electrons. The molecule has 0 bridgehead atoms. The largest absolute Gasteiger partial charge is 0.444 e. The van der Waals surface area contributed by atoms with Crippen molar-refractivity contribution >= 4 is 17.9 Å². The molecule has 1 N–H and O–H groups in total. The summed E-state index contributed by atoms with van der Waals surface area (Å²) in [6.45, 7) is 6.76. The van der Waals surface area contributed by atoms with Crippen molar-refractivity contribution in [2.45, 2.75) is 51.8 Å². The first-order valence-electron chi connectivity index (χ1n) is 7.59. The summed E-state index contributed by atoms with van der Waals surface area (Å²) < 4.78 is 5.12. The molecule has 2 atom stereocenters. The monoisotopic (exact) mass is 318 g/mol. The molecule has 0 spiro atoms. The Morgan fingerprint density at radius 3 is 2.39 bits per heavy atom. The van der Waals surface area contributed by atoms with Crippen molar-refractivity contribution in [3.8, 4) is 0 Å². The van der Waals surface area contributed by atoms with E-state index in [1.807, 2.05) is 30.3 Å². The Morgan fingerprint density at radius 1 is 1.26 bits per heavy atom. The molecule has 2 rings (SSSR count). The lowest BCUT2D eigenvalue weighted by molar-refractivity contribution is -0.159. The lowest BCUT2D eigenvalue weighted by atomic mass is 9.93. The molecule has 1 fully saturated rings. The molecule has 23 heavy (non-hydrogen) atoms. The Kier molecular flexibility index (Phi) is 4.73. The molecule has 6 nitrogen and oxygen atoms in total. The molecular weight excluding hydrogens is 296 g/mol. The maximum absolute atomic E-state index is 12.5. The highest BCUT2D eigenvalue weighted by Crippen LogP contribution is 2.34. The van der Waals surface area contributed by atoms with Gasteiger partial charge in [-0.05, 0) is 33.3 Å². The summed E-state index contributed by atoms with van der Waals surface area (Å²) in [4.78, 5) is 37.2. The van der Waals surface area contributed by atoms with Gasteiger partial charge in [0.25, 0.3) is 5.91 Å². The van der Waals surface area contributed by atoms with E-state index >= 15 is 0 Å². The molecule has 1 saturated heterocycles. The fourth-order valence-corrected chi connectivity index (χ4v) is 2.39. The van der Waals surface area contributed by atoms with Gasteiger partial charge in [-0.3, -0.25) is 14.5 Å². The third-order valence-corrected chi connectivity index (χ3v) is 3.47. The van der Waals surface area contributed by atoms with Gasteiger partial charge in [-0.1, -0.05) is 30.3 Å². The van der Waals surface area contributed by atoms with Crippen LogP contribution in [0.1, 0.15) is 45.7 Å². The summed E-state index contributed by atoms with van der Waals surface area (Å²) in [5.74, 6) is -0.664. The molecule has 1 aliphatic heterocycles.